The lowest BCUT2D eigenvalue weighted by atomic mass is 10.1. The van der Waals surface area contributed by atoms with Gasteiger partial charge in [0.1, 0.15) is 11.0 Å². The third-order valence-corrected chi connectivity index (χ3v) is 4.80. The number of rotatable bonds is 0. The van der Waals surface area contributed by atoms with E-state index in [-0.39, 0.29) is 0 Å². The zero-order valence-electron chi connectivity index (χ0n) is 13.7. The first-order valence-corrected chi connectivity index (χ1v) is 8.52. The van der Waals surface area contributed by atoms with Crippen molar-refractivity contribution in [3.05, 3.63) is 72.8 Å². The van der Waals surface area contributed by atoms with Gasteiger partial charge < -0.3 is 0 Å². The van der Waals surface area contributed by atoms with Gasteiger partial charge in [0.25, 0.3) is 0 Å². The third-order valence-electron chi connectivity index (χ3n) is 4.80. The molecule has 0 saturated heterocycles. The first-order valence-electron chi connectivity index (χ1n) is 8.52. The Balaban J connectivity index is 1.97. The fourth-order valence-electron chi connectivity index (χ4n) is 3.60. The van der Waals surface area contributed by atoms with Crippen LogP contribution in [0.3, 0.4) is 0 Å². The molecule has 0 spiro atoms. The normalized spacial score (nSPS) is 11.8. The minimum atomic E-state index is 0.802. The van der Waals surface area contributed by atoms with Crippen molar-refractivity contribution in [1.29, 1.82) is 0 Å². The number of aromatic nitrogens is 4. The summed E-state index contributed by atoms with van der Waals surface area (Å²) in [5, 5.41) is 2.11. The van der Waals surface area contributed by atoms with Gasteiger partial charge >= 0.3 is 0 Å². The van der Waals surface area contributed by atoms with Crippen LogP contribution in [0.2, 0.25) is 0 Å². The minimum absolute atomic E-state index is 0.802. The van der Waals surface area contributed by atoms with Crippen molar-refractivity contribution in [2.45, 2.75) is 0 Å². The summed E-state index contributed by atoms with van der Waals surface area (Å²) >= 11 is 0. The predicted molar refractivity (Wildman–Crippen MR) is 105 cm³/mol. The van der Waals surface area contributed by atoms with E-state index in [9.17, 15) is 0 Å². The van der Waals surface area contributed by atoms with E-state index in [1.54, 1.807) is 0 Å². The van der Waals surface area contributed by atoms with Gasteiger partial charge in [-0.05, 0) is 24.3 Å². The quantitative estimate of drug-likeness (QED) is 0.289. The molecule has 0 atom stereocenters. The summed E-state index contributed by atoms with van der Waals surface area (Å²) in [5.74, 6) is 0. The molecule has 26 heavy (non-hydrogen) atoms. The first-order chi connectivity index (χ1) is 12.9. The summed E-state index contributed by atoms with van der Waals surface area (Å²) in [7, 11) is 0. The molecule has 6 rings (SSSR count). The highest BCUT2D eigenvalue weighted by molar-refractivity contribution is 6.22. The topological polar surface area (TPSA) is 51.6 Å². The molecule has 0 bridgehead atoms. The van der Waals surface area contributed by atoms with Gasteiger partial charge in [0.15, 0.2) is 0 Å². The molecule has 0 unspecified atom stereocenters. The van der Waals surface area contributed by atoms with Crippen molar-refractivity contribution in [1.82, 2.24) is 19.9 Å². The van der Waals surface area contributed by atoms with Crippen molar-refractivity contribution < 1.29 is 0 Å². The maximum atomic E-state index is 4.91. The molecule has 4 nitrogen and oxygen atoms in total. The van der Waals surface area contributed by atoms with Gasteiger partial charge in [-0.3, -0.25) is 0 Å². The smallest absolute Gasteiger partial charge is 0.118 e. The zero-order chi connectivity index (χ0) is 17.1. The number of hydrogen-bond acceptors (Lipinski definition) is 4. The van der Waals surface area contributed by atoms with Crippen molar-refractivity contribution >= 4 is 54.9 Å². The minimum Gasteiger partial charge on any atom is -0.244 e. The van der Waals surface area contributed by atoms with E-state index >= 15 is 0 Å². The molecule has 0 radical (unpaired) electrons. The van der Waals surface area contributed by atoms with Crippen LogP contribution in [0.1, 0.15) is 0 Å². The molecule has 4 aromatic carbocycles. The number of benzene rings is 4. The van der Waals surface area contributed by atoms with Crippen LogP contribution in [0.4, 0.5) is 0 Å². The molecule has 2 heterocycles. The lowest BCUT2D eigenvalue weighted by Crippen LogP contribution is -1.95. The van der Waals surface area contributed by atoms with Crippen LogP contribution >= 0.6 is 0 Å². The van der Waals surface area contributed by atoms with Crippen LogP contribution in [0, 0.1) is 0 Å². The van der Waals surface area contributed by atoms with E-state index in [1.165, 1.54) is 0 Å². The maximum absolute atomic E-state index is 4.91. The lowest BCUT2D eigenvalue weighted by Gasteiger charge is -2.09. The van der Waals surface area contributed by atoms with Gasteiger partial charge in [-0.1, -0.05) is 48.5 Å². The van der Waals surface area contributed by atoms with Gasteiger partial charge in [-0.2, -0.15) is 0 Å². The molecule has 0 aliphatic heterocycles. The molecule has 6 aromatic rings. The Labute approximate surface area is 148 Å². The summed E-state index contributed by atoms with van der Waals surface area (Å²) in [5.41, 5.74) is 6.86. The van der Waals surface area contributed by atoms with Crippen molar-refractivity contribution in [2.75, 3.05) is 0 Å². The van der Waals surface area contributed by atoms with E-state index in [1.807, 2.05) is 60.7 Å². The van der Waals surface area contributed by atoms with Crippen LogP contribution in [-0.4, -0.2) is 19.9 Å². The molecule has 2 aromatic heterocycles. The van der Waals surface area contributed by atoms with Crippen LogP contribution in [0.25, 0.3) is 54.9 Å². The highest BCUT2D eigenvalue weighted by atomic mass is 14.9. The zero-order valence-corrected chi connectivity index (χ0v) is 13.7. The van der Waals surface area contributed by atoms with Crippen LogP contribution in [0.5, 0.6) is 0 Å². The fraction of sp³-hybridized carbons (Fsp3) is 0. The van der Waals surface area contributed by atoms with Gasteiger partial charge in [0.2, 0.25) is 0 Å². The summed E-state index contributed by atoms with van der Waals surface area (Å²) in [6.07, 6.45) is 0. The Bertz CT molecular complexity index is 1370. The molecule has 4 heteroatoms. The standard InChI is InChI=1S/C22H12N4/c1-2-8-14-13(7-1)19-21(25-17-11-5-3-9-15(17)23-19)22-20(14)24-16-10-4-6-12-18(16)26-22/h1-12H. The Hall–Kier alpha value is -3.66. The second-order valence-electron chi connectivity index (χ2n) is 6.36. The van der Waals surface area contributed by atoms with Crippen molar-refractivity contribution in [3.8, 4) is 0 Å². The molecule has 0 aliphatic rings. The Morgan fingerprint density at radius 2 is 0.654 bits per heavy atom. The first kappa shape index (κ1) is 13.6. The van der Waals surface area contributed by atoms with Gasteiger partial charge in [0, 0.05) is 10.8 Å². The molecule has 0 fully saturated rings. The van der Waals surface area contributed by atoms with Crippen LogP contribution in [0.15, 0.2) is 72.8 Å². The van der Waals surface area contributed by atoms with Crippen LogP contribution < -0.4 is 0 Å². The SMILES string of the molecule is c1ccc2nc3c(nc2c1)c1ccccc1c1nc2ccccc2nc13. The molecule has 120 valence electrons. The summed E-state index contributed by atoms with van der Waals surface area (Å²) in [6.45, 7) is 0. The maximum Gasteiger partial charge on any atom is 0.118 e. The summed E-state index contributed by atoms with van der Waals surface area (Å²) < 4.78 is 0. The molecular weight excluding hydrogens is 320 g/mol. The lowest BCUT2D eigenvalue weighted by molar-refractivity contribution is 1.37. The fourth-order valence-corrected chi connectivity index (χ4v) is 3.60. The average molecular weight is 332 g/mol. The monoisotopic (exact) mass is 332 g/mol. The van der Waals surface area contributed by atoms with Crippen LogP contribution in [-0.2, 0) is 0 Å². The number of fused-ring (bicyclic) bond motifs is 8. The Kier molecular flexibility index (Phi) is 2.58. The number of hydrogen-bond donors (Lipinski definition) is 0. The molecule has 0 N–H and O–H groups in total. The highest BCUT2D eigenvalue weighted by Gasteiger charge is 2.14. The summed E-state index contributed by atoms with van der Waals surface area (Å²) in [6, 6.07) is 24.1. The predicted octanol–water partition coefficient (Wildman–Crippen LogP) is 5.03. The number of nitrogens with zero attached hydrogens (tertiary/aromatic N) is 4. The van der Waals surface area contributed by atoms with Gasteiger partial charge in [-0.15, -0.1) is 0 Å². The largest absolute Gasteiger partial charge is 0.244 e. The molecule has 0 amide bonds. The van der Waals surface area contributed by atoms with Gasteiger partial charge in [0.05, 0.1) is 33.1 Å². The second-order valence-corrected chi connectivity index (χ2v) is 6.36. The van der Waals surface area contributed by atoms with E-state index < -0.39 is 0 Å². The van der Waals surface area contributed by atoms with E-state index in [0.717, 1.165) is 54.9 Å². The third kappa shape index (κ3) is 1.78. The van der Waals surface area contributed by atoms with Gasteiger partial charge in [-0.25, -0.2) is 19.9 Å². The highest BCUT2D eigenvalue weighted by Crippen LogP contribution is 2.33. The second kappa shape index (κ2) is 4.92. The Morgan fingerprint density at radius 1 is 0.346 bits per heavy atom. The van der Waals surface area contributed by atoms with Crippen molar-refractivity contribution in [3.63, 3.8) is 0 Å². The molecule has 0 saturated carbocycles. The van der Waals surface area contributed by atoms with Crippen molar-refractivity contribution in [2.24, 2.45) is 0 Å². The molecule has 0 aliphatic carbocycles. The van der Waals surface area contributed by atoms with E-state index in [0.29, 0.717) is 0 Å². The van der Waals surface area contributed by atoms with E-state index in [2.05, 4.69) is 12.1 Å². The summed E-state index contributed by atoms with van der Waals surface area (Å²) in [4.78, 5) is 19.6. The average Bonchev–Trinajstić information content (AvgIpc) is 2.71. The number of para-hydroxylation sites is 4. The van der Waals surface area contributed by atoms with E-state index in [4.69, 9.17) is 19.9 Å². The Morgan fingerprint density at radius 3 is 1.04 bits per heavy atom. The molecular formula is C22H12N4.